The van der Waals surface area contributed by atoms with Crippen molar-refractivity contribution < 1.29 is 5.11 Å². The zero-order valence-electron chi connectivity index (χ0n) is 11.7. The van der Waals surface area contributed by atoms with Crippen LogP contribution in [0.15, 0.2) is 47.3 Å². The third kappa shape index (κ3) is 2.84. The molecule has 1 aromatic carbocycles. The van der Waals surface area contributed by atoms with Crippen molar-refractivity contribution in [2.45, 2.75) is 26.0 Å². The summed E-state index contributed by atoms with van der Waals surface area (Å²) in [5.41, 5.74) is 2.71. The number of aromatic nitrogens is 3. The van der Waals surface area contributed by atoms with E-state index in [1.54, 1.807) is 12.4 Å². The van der Waals surface area contributed by atoms with E-state index in [1.165, 1.54) is 0 Å². The van der Waals surface area contributed by atoms with Crippen LogP contribution in [0.5, 0.6) is 0 Å². The molecule has 3 aromatic rings. The molecule has 0 saturated heterocycles. The second-order valence-electron chi connectivity index (χ2n) is 4.96. The van der Waals surface area contributed by atoms with Crippen molar-refractivity contribution in [1.29, 1.82) is 0 Å². The van der Waals surface area contributed by atoms with E-state index in [0.717, 1.165) is 33.0 Å². The summed E-state index contributed by atoms with van der Waals surface area (Å²) >= 11 is 3.52. The molecular weight excluding hydrogens is 330 g/mol. The third-order valence-corrected chi connectivity index (χ3v) is 4.24. The van der Waals surface area contributed by atoms with E-state index in [2.05, 4.69) is 26.0 Å². The summed E-state index contributed by atoms with van der Waals surface area (Å²) in [6, 6.07) is 7.78. The Morgan fingerprint density at radius 1 is 1.33 bits per heavy atom. The van der Waals surface area contributed by atoms with E-state index in [-0.39, 0.29) is 0 Å². The Bertz CT molecular complexity index is 769. The summed E-state index contributed by atoms with van der Waals surface area (Å²) in [6.45, 7) is 2.87. The summed E-state index contributed by atoms with van der Waals surface area (Å²) in [7, 11) is 0. The summed E-state index contributed by atoms with van der Waals surface area (Å²) in [4.78, 5) is 4.42. The van der Waals surface area contributed by atoms with Crippen molar-refractivity contribution >= 4 is 26.8 Å². The lowest BCUT2D eigenvalue weighted by Gasteiger charge is -2.13. The van der Waals surface area contributed by atoms with Crippen molar-refractivity contribution in [1.82, 2.24) is 14.8 Å². The summed E-state index contributed by atoms with van der Waals surface area (Å²) in [5, 5.41) is 15.8. The monoisotopic (exact) mass is 345 g/mol. The highest BCUT2D eigenvalue weighted by molar-refractivity contribution is 9.10. The lowest BCUT2D eigenvalue weighted by Crippen LogP contribution is -2.03. The minimum absolute atomic E-state index is 0.535. The first-order valence-electron chi connectivity index (χ1n) is 6.91. The molecule has 0 radical (unpaired) electrons. The maximum absolute atomic E-state index is 10.6. The predicted octanol–water partition coefficient (Wildman–Crippen LogP) is 3.49. The Labute approximate surface area is 131 Å². The largest absolute Gasteiger partial charge is 0.388 e. The number of fused-ring (bicyclic) bond motifs is 1. The number of benzene rings is 1. The minimum atomic E-state index is -0.593. The molecule has 5 heteroatoms. The molecule has 0 amide bonds. The SMILES string of the molecule is CCn1cc(CC(O)c2ccc(Br)c3cccnc23)cn1. The fourth-order valence-electron chi connectivity index (χ4n) is 2.45. The first kappa shape index (κ1) is 14.2. The maximum Gasteiger partial charge on any atom is 0.0852 e. The standard InChI is InChI=1S/C16H16BrN3O/c1-2-20-10-11(9-19-20)8-15(21)13-5-6-14(17)12-4-3-7-18-16(12)13/h3-7,9-10,15,21H,2,8H2,1H3. The Morgan fingerprint density at radius 3 is 2.95 bits per heavy atom. The average molecular weight is 346 g/mol. The Kier molecular flexibility index (Phi) is 4.03. The van der Waals surface area contributed by atoms with Crippen LogP contribution in [-0.4, -0.2) is 19.9 Å². The molecular formula is C16H16BrN3O. The van der Waals surface area contributed by atoms with Gasteiger partial charge >= 0.3 is 0 Å². The highest BCUT2D eigenvalue weighted by Gasteiger charge is 2.15. The van der Waals surface area contributed by atoms with Crippen LogP contribution in [0.25, 0.3) is 10.9 Å². The molecule has 0 aliphatic carbocycles. The zero-order valence-corrected chi connectivity index (χ0v) is 13.3. The number of aliphatic hydroxyl groups excluding tert-OH is 1. The second-order valence-corrected chi connectivity index (χ2v) is 5.81. The van der Waals surface area contributed by atoms with Crippen LogP contribution in [0.3, 0.4) is 0 Å². The van der Waals surface area contributed by atoms with Crippen LogP contribution in [0.4, 0.5) is 0 Å². The van der Waals surface area contributed by atoms with Crippen molar-refractivity contribution in [2.75, 3.05) is 0 Å². The van der Waals surface area contributed by atoms with Gasteiger partial charge in [0.2, 0.25) is 0 Å². The Morgan fingerprint density at radius 2 is 2.19 bits per heavy atom. The average Bonchev–Trinajstić information content (AvgIpc) is 2.95. The summed E-state index contributed by atoms with van der Waals surface area (Å²) < 4.78 is 2.85. The molecule has 2 aromatic heterocycles. The molecule has 2 heterocycles. The second kappa shape index (κ2) is 5.95. The Balaban J connectivity index is 1.94. The van der Waals surface area contributed by atoms with E-state index < -0.39 is 6.10 Å². The number of nitrogens with zero attached hydrogens (tertiary/aromatic N) is 3. The van der Waals surface area contributed by atoms with Gasteiger partial charge in [-0.2, -0.15) is 5.10 Å². The molecule has 1 unspecified atom stereocenters. The van der Waals surface area contributed by atoms with Gasteiger partial charge in [0.1, 0.15) is 0 Å². The van der Waals surface area contributed by atoms with Crippen molar-refractivity contribution in [3.8, 4) is 0 Å². The van der Waals surface area contributed by atoms with Gasteiger partial charge in [-0.15, -0.1) is 0 Å². The normalized spacial score (nSPS) is 12.7. The Hall–Kier alpha value is -1.72. The van der Waals surface area contributed by atoms with Crippen LogP contribution in [0.2, 0.25) is 0 Å². The first-order chi connectivity index (χ1) is 10.2. The predicted molar refractivity (Wildman–Crippen MR) is 86.0 cm³/mol. The molecule has 0 aliphatic heterocycles. The van der Waals surface area contributed by atoms with Crippen LogP contribution in [0, 0.1) is 0 Å². The molecule has 0 fully saturated rings. The van der Waals surface area contributed by atoms with Gasteiger partial charge in [0.25, 0.3) is 0 Å². The molecule has 21 heavy (non-hydrogen) atoms. The molecule has 4 nitrogen and oxygen atoms in total. The summed E-state index contributed by atoms with van der Waals surface area (Å²) in [6.07, 6.45) is 5.47. The number of hydrogen-bond donors (Lipinski definition) is 1. The highest BCUT2D eigenvalue weighted by atomic mass is 79.9. The van der Waals surface area contributed by atoms with E-state index in [1.807, 2.05) is 42.1 Å². The van der Waals surface area contributed by atoms with Gasteiger partial charge in [-0.05, 0) is 24.6 Å². The lowest BCUT2D eigenvalue weighted by molar-refractivity contribution is 0.180. The van der Waals surface area contributed by atoms with Crippen LogP contribution in [-0.2, 0) is 13.0 Å². The number of aryl methyl sites for hydroxylation is 1. The fraction of sp³-hybridized carbons (Fsp3) is 0.250. The zero-order chi connectivity index (χ0) is 14.8. The van der Waals surface area contributed by atoms with E-state index in [0.29, 0.717) is 6.42 Å². The van der Waals surface area contributed by atoms with Gasteiger partial charge in [-0.3, -0.25) is 9.67 Å². The number of pyridine rings is 1. The number of hydrogen-bond acceptors (Lipinski definition) is 3. The fourth-order valence-corrected chi connectivity index (χ4v) is 2.90. The van der Waals surface area contributed by atoms with Crippen LogP contribution >= 0.6 is 15.9 Å². The van der Waals surface area contributed by atoms with E-state index >= 15 is 0 Å². The minimum Gasteiger partial charge on any atom is -0.388 e. The first-order valence-corrected chi connectivity index (χ1v) is 7.71. The lowest BCUT2D eigenvalue weighted by atomic mass is 10.0. The third-order valence-electron chi connectivity index (χ3n) is 3.55. The van der Waals surface area contributed by atoms with Gasteiger partial charge < -0.3 is 5.11 Å². The number of rotatable bonds is 4. The molecule has 1 atom stereocenters. The molecule has 0 spiro atoms. The molecule has 0 saturated carbocycles. The van der Waals surface area contributed by atoms with Gasteiger partial charge in [0.15, 0.2) is 0 Å². The maximum atomic E-state index is 10.6. The van der Waals surface area contributed by atoms with Gasteiger partial charge in [-0.25, -0.2) is 0 Å². The van der Waals surface area contributed by atoms with Crippen molar-refractivity contribution in [3.05, 3.63) is 58.5 Å². The molecule has 0 bridgehead atoms. The smallest absolute Gasteiger partial charge is 0.0852 e. The topological polar surface area (TPSA) is 50.9 Å². The molecule has 0 aliphatic rings. The number of aliphatic hydroxyl groups is 1. The van der Waals surface area contributed by atoms with Crippen molar-refractivity contribution in [3.63, 3.8) is 0 Å². The number of halogens is 1. The van der Waals surface area contributed by atoms with Gasteiger partial charge in [0, 0.05) is 40.8 Å². The molecule has 108 valence electrons. The quantitative estimate of drug-likeness (QED) is 0.787. The van der Waals surface area contributed by atoms with Crippen molar-refractivity contribution in [2.24, 2.45) is 0 Å². The van der Waals surface area contributed by atoms with E-state index in [4.69, 9.17) is 0 Å². The van der Waals surface area contributed by atoms with E-state index in [9.17, 15) is 5.11 Å². The summed E-state index contributed by atoms with van der Waals surface area (Å²) in [5.74, 6) is 0. The van der Waals surface area contributed by atoms with Gasteiger partial charge in [-0.1, -0.05) is 28.1 Å². The molecule has 1 N–H and O–H groups in total. The van der Waals surface area contributed by atoms with Crippen LogP contribution in [0.1, 0.15) is 24.2 Å². The molecule has 3 rings (SSSR count). The highest BCUT2D eigenvalue weighted by Crippen LogP contribution is 2.30. The van der Waals surface area contributed by atoms with Gasteiger partial charge in [0.05, 0.1) is 17.8 Å². The van der Waals surface area contributed by atoms with Crippen LogP contribution < -0.4 is 0 Å².